The molecule has 2 aromatic carbocycles. The summed E-state index contributed by atoms with van der Waals surface area (Å²) in [5, 5.41) is 10.7. The van der Waals surface area contributed by atoms with Crippen LogP contribution in [0.5, 0.6) is 0 Å². The van der Waals surface area contributed by atoms with E-state index in [2.05, 4.69) is 10.6 Å². The maximum atomic E-state index is 12.1. The van der Waals surface area contributed by atoms with Crippen molar-refractivity contribution in [3.8, 4) is 0 Å². The monoisotopic (exact) mass is 376 g/mol. The predicted molar refractivity (Wildman–Crippen MR) is 102 cm³/mol. The summed E-state index contributed by atoms with van der Waals surface area (Å²) in [6, 6.07) is 13.4. The van der Waals surface area contributed by atoms with Gasteiger partial charge in [0.15, 0.2) is 0 Å². The molecule has 26 heavy (non-hydrogen) atoms. The third-order valence-corrected chi connectivity index (χ3v) is 4.85. The number of nitrogens with one attached hydrogen (secondary N) is 2. The Kier molecular flexibility index (Phi) is 6.23. The van der Waals surface area contributed by atoms with E-state index < -0.39 is 10.0 Å². The highest BCUT2D eigenvalue weighted by molar-refractivity contribution is 7.89. The lowest BCUT2D eigenvalue weighted by molar-refractivity contribution is 0.237. The van der Waals surface area contributed by atoms with E-state index in [0.29, 0.717) is 12.1 Å². The van der Waals surface area contributed by atoms with Gasteiger partial charge < -0.3 is 15.5 Å². The fourth-order valence-electron chi connectivity index (χ4n) is 2.39. The van der Waals surface area contributed by atoms with Crippen LogP contribution in [0.25, 0.3) is 0 Å². The summed E-state index contributed by atoms with van der Waals surface area (Å²) >= 11 is 0. The molecule has 0 aromatic heterocycles. The first-order valence-electron chi connectivity index (χ1n) is 8.10. The van der Waals surface area contributed by atoms with Crippen molar-refractivity contribution in [2.45, 2.75) is 24.4 Å². The molecule has 0 saturated heterocycles. The van der Waals surface area contributed by atoms with Gasteiger partial charge in [-0.15, -0.1) is 0 Å². The highest BCUT2D eigenvalue weighted by atomic mass is 32.2. The van der Waals surface area contributed by atoms with Crippen LogP contribution in [0.1, 0.15) is 24.1 Å². The minimum atomic E-state index is -3.78. The summed E-state index contributed by atoms with van der Waals surface area (Å²) in [5.74, 6) is 0. The Morgan fingerprint density at radius 3 is 2.38 bits per heavy atom. The lowest BCUT2D eigenvalue weighted by atomic mass is 10.1. The van der Waals surface area contributed by atoms with Crippen molar-refractivity contribution in [1.29, 1.82) is 0 Å². The Labute approximate surface area is 154 Å². The van der Waals surface area contributed by atoms with Crippen LogP contribution in [0.2, 0.25) is 0 Å². The van der Waals surface area contributed by atoms with Crippen LogP contribution in [0, 0.1) is 0 Å². The Balaban J connectivity index is 1.93. The number of amides is 2. The number of nitrogens with two attached hydrogens (primary N) is 1. The minimum Gasteiger partial charge on any atom is -0.378 e. The van der Waals surface area contributed by atoms with Gasteiger partial charge in [-0.05, 0) is 42.3 Å². The van der Waals surface area contributed by atoms with Crippen molar-refractivity contribution in [2.75, 3.05) is 19.0 Å². The van der Waals surface area contributed by atoms with E-state index in [1.165, 1.54) is 12.1 Å². The maximum absolute atomic E-state index is 12.1. The number of sulfonamides is 1. The van der Waals surface area contributed by atoms with Crippen molar-refractivity contribution in [2.24, 2.45) is 5.14 Å². The van der Waals surface area contributed by atoms with Gasteiger partial charge in [0.2, 0.25) is 10.0 Å². The van der Waals surface area contributed by atoms with Gasteiger partial charge in [-0.25, -0.2) is 18.4 Å². The van der Waals surface area contributed by atoms with E-state index in [-0.39, 0.29) is 17.0 Å². The predicted octanol–water partition coefficient (Wildman–Crippen LogP) is 1.96. The molecule has 0 bridgehead atoms. The van der Waals surface area contributed by atoms with E-state index in [1.54, 1.807) is 19.1 Å². The van der Waals surface area contributed by atoms with Gasteiger partial charge >= 0.3 is 6.03 Å². The highest BCUT2D eigenvalue weighted by Gasteiger charge is 2.13. The van der Waals surface area contributed by atoms with Crippen molar-refractivity contribution in [1.82, 2.24) is 10.6 Å². The molecular weight excluding hydrogens is 352 g/mol. The number of carbonyl (C=O) groups is 1. The van der Waals surface area contributed by atoms with Gasteiger partial charge in [0.25, 0.3) is 0 Å². The van der Waals surface area contributed by atoms with Gasteiger partial charge in [0.05, 0.1) is 10.9 Å². The molecular formula is C18H24N4O3S. The number of hydrogen-bond acceptors (Lipinski definition) is 4. The normalized spacial score (nSPS) is 12.3. The van der Waals surface area contributed by atoms with E-state index in [9.17, 15) is 13.2 Å². The summed E-state index contributed by atoms with van der Waals surface area (Å²) in [6.07, 6.45) is 0. The molecule has 0 aliphatic heterocycles. The van der Waals surface area contributed by atoms with E-state index >= 15 is 0 Å². The summed E-state index contributed by atoms with van der Waals surface area (Å²) in [7, 11) is 0.155. The molecule has 7 nitrogen and oxygen atoms in total. The number of primary sulfonamides is 1. The van der Waals surface area contributed by atoms with Crippen molar-refractivity contribution >= 4 is 21.7 Å². The Bertz CT molecular complexity index is 864. The van der Waals surface area contributed by atoms with Crippen LogP contribution < -0.4 is 20.7 Å². The van der Waals surface area contributed by atoms with Gasteiger partial charge in [0.1, 0.15) is 0 Å². The number of benzene rings is 2. The van der Waals surface area contributed by atoms with E-state index in [0.717, 1.165) is 11.3 Å². The number of nitrogens with zero attached hydrogens (tertiary/aromatic N) is 1. The summed E-state index contributed by atoms with van der Waals surface area (Å²) < 4.78 is 22.9. The van der Waals surface area contributed by atoms with E-state index in [4.69, 9.17) is 5.14 Å². The van der Waals surface area contributed by atoms with Crippen molar-refractivity contribution in [3.63, 3.8) is 0 Å². The second-order valence-corrected chi connectivity index (χ2v) is 7.79. The van der Waals surface area contributed by atoms with Crippen molar-refractivity contribution < 1.29 is 13.2 Å². The fraction of sp³-hybridized carbons (Fsp3) is 0.278. The fourth-order valence-corrected chi connectivity index (χ4v) is 2.95. The number of rotatable bonds is 6. The van der Waals surface area contributed by atoms with Gasteiger partial charge in [-0.1, -0.05) is 24.3 Å². The number of anilines is 1. The first kappa shape index (κ1) is 19.7. The standard InChI is InChI=1S/C18H24N4O3S/c1-13(15-5-4-6-17(11-15)26(19,24)25)21-18(23)20-12-14-7-9-16(10-8-14)22(2)3/h4-11,13H,12H2,1-3H3,(H2,19,24,25)(H2,20,21,23)/t13-/m0/s1. The Hall–Kier alpha value is -2.58. The highest BCUT2D eigenvalue weighted by Crippen LogP contribution is 2.16. The van der Waals surface area contributed by atoms with Gasteiger partial charge in [0, 0.05) is 26.3 Å². The second-order valence-electron chi connectivity index (χ2n) is 6.23. The minimum absolute atomic E-state index is 0.0186. The Morgan fingerprint density at radius 1 is 1.15 bits per heavy atom. The third kappa shape index (κ3) is 5.47. The molecule has 2 amide bonds. The van der Waals surface area contributed by atoms with Crippen LogP contribution in [0.4, 0.5) is 10.5 Å². The van der Waals surface area contributed by atoms with Crippen LogP contribution in [-0.2, 0) is 16.6 Å². The van der Waals surface area contributed by atoms with Crippen LogP contribution in [-0.4, -0.2) is 28.5 Å². The zero-order valence-electron chi connectivity index (χ0n) is 15.1. The molecule has 0 saturated carbocycles. The number of carbonyl (C=O) groups excluding carboxylic acids is 1. The molecule has 4 N–H and O–H groups in total. The smallest absolute Gasteiger partial charge is 0.315 e. The SMILES string of the molecule is C[C@H](NC(=O)NCc1ccc(N(C)C)cc1)c1cccc(S(N)(=O)=O)c1. The van der Waals surface area contributed by atoms with Crippen LogP contribution >= 0.6 is 0 Å². The molecule has 0 aliphatic rings. The van der Waals surface area contributed by atoms with E-state index in [1.807, 2.05) is 43.3 Å². The van der Waals surface area contributed by atoms with Crippen LogP contribution in [0.15, 0.2) is 53.4 Å². The molecule has 0 unspecified atom stereocenters. The van der Waals surface area contributed by atoms with Crippen molar-refractivity contribution in [3.05, 3.63) is 59.7 Å². The number of urea groups is 1. The largest absolute Gasteiger partial charge is 0.378 e. The molecule has 1 atom stereocenters. The third-order valence-electron chi connectivity index (χ3n) is 3.94. The summed E-state index contributed by atoms with van der Waals surface area (Å²) in [6.45, 7) is 2.16. The zero-order valence-corrected chi connectivity index (χ0v) is 15.9. The lowest BCUT2D eigenvalue weighted by Gasteiger charge is -2.16. The first-order chi connectivity index (χ1) is 12.2. The molecule has 140 valence electrons. The lowest BCUT2D eigenvalue weighted by Crippen LogP contribution is -2.36. The van der Waals surface area contributed by atoms with Gasteiger partial charge in [-0.2, -0.15) is 0 Å². The molecule has 0 heterocycles. The molecule has 0 aliphatic carbocycles. The quantitative estimate of drug-likeness (QED) is 0.717. The second kappa shape index (κ2) is 8.20. The molecule has 0 fully saturated rings. The average Bonchev–Trinajstić information content (AvgIpc) is 2.59. The molecule has 0 radical (unpaired) electrons. The molecule has 2 rings (SSSR count). The molecule has 2 aromatic rings. The van der Waals surface area contributed by atoms with Gasteiger partial charge in [-0.3, -0.25) is 0 Å². The first-order valence-corrected chi connectivity index (χ1v) is 9.65. The summed E-state index contributed by atoms with van der Waals surface area (Å²) in [4.78, 5) is 14.1. The van der Waals surface area contributed by atoms with Crippen LogP contribution in [0.3, 0.4) is 0 Å². The number of hydrogen-bond donors (Lipinski definition) is 3. The average molecular weight is 376 g/mol. The molecule has 0 spiro atoms. The zero-order chi connectivity index (χ0) is 19.3. The maximum Gasteiger partial charge on any atom is 0.315 e. The topological polar surface area (TPSA) is 105 Å². The Morgan fingerprint density at radius 2 is 1.81 bits per heavy atom. The summed E-state index contributed by atoms with van der Waals surface area (Å²) in [5.41, 5.74) is 2.72. The molecule has 8 heteroatoms.